The molecule has 27 heavy (non-hydrogen) atoms. The Balaban J connectivity index is 1.91. The molecule has 0 aliphatic heterocycles. The summed E-state index contributed by atoms with van der Waals surface area (Å²) in [6.07, 6.45) is -3.84. The van der Waals surface area contributed by atoms with E-state index in [1.165, 1.54) is 24.3 Å². The van der Waals surface area contributed by atoms with Gasteiger partial charge in [0.05, 0.1) is 5.92 Å². The Kier molecular flexibility index (Phi) is 6.38. The molecular weight excluding hydrogens is 361 g/mol. The first-order chi connectivity index (χ1) is 12.4. The van der Waals surface area contributed by atoms with E-state index in [9.17, 15) is 22.8 Å². The van der Waals surface area contributed by atoms with Crippen LogP contribution in [0.25, 0.3) is 0 Å². The van der Waals surface area contributed by atoms with E-state index in [4.69, 9.17) is 4.74 Å². The van der Waals surface area contributed by atoms with E-state index in [0.717, 1.165) is 0 Å². The van der Waals surface area contributed by atoms with Gasteiger partial charge in [-0.1, -0.05) is 6.42 Å². The van der Waals surface area contributed by atoms with Gasteiger partial charge in [0.2, 0.25) is 0 Å². The third-order valence-corrected chi connectivity index (χ3v) is 4.26. The van der Waals surface area contributed by atoms with E-state index < -0.39 is 35.7 Å². The molecular formula is C19H25F3N2O3. The molecule has 0 spiro atoms. The molecule has 1 aliphatic carbocycles. The average molecular weight is 386 g/mol. The molecule has 1 aliphatic rings. The topological polar surface area (TPSA) is 67.4 Å². The Morgan fingerprint density at radius 1 is 1.07 bits per heavy atom. The summed E-state index contributed by atoms with van der Waals surface area (Å²) in [5, 5.41) is 5.23. The second kappa shape index (κ2) is 8.19. The van der Waals surface area contributed by atoms with Crippen LogP contribution in [0.3, 0.4) is 0 Å². The van der Waals surface area contributed by atoms with Gasteiger partial charge in [0.1, 0.15) is 5.60 Å². The number of halogens is 3. The number of ether oxygens (including phenoxy) is 1. The largest absolute Gasteiger partial charge is 0.444 e. The van der Waals surface area contributed by atoms with Crippen molar-refractivity contribution in [2.24, 2.45) is 5.92 Å². The third kappa shape index (κ3) is 6.77. The standard InChI is InChI=1S/C19H25F3N2O3/c1-18(2,3)27-17(26)24-14-9-7-12(8-10-14)16(25)23-15-6-4-5-13(11-15)19(20,21)22/h7-10,13,15H,4-6,11H2,1-3H3,(H,23,25)(H,24,26). The number of hydrogen-bond donors (Lipinski definition) is 2. The summed E-state index contributed by atoms with van der Waals surface area (Å²) in [5.41, 5.74) is 0.146. The Morgan fingerprint density at radius 2 is 1.70 bits per heavy atom. The molecule has 1 aromatic rings. The number of amides is 2. The zero-order valence-corrected chi connectivity index (χ0v) is 15.7. The molecule has 5 nitrogen and oxygen atoms in total. The van der Waals surface area contributed by atoms with Gasteiger partial charge in [-0.05, 0) is 64.3 Å². The molecule has 2 rings (SSSR count). The van der Waals surface area contributed by atoms with Gasteiger partial charge in [-0.3, -0.25) is 10.1 Å². The summed E-state index contributed by atoms with van der Waals surface area (Å²) in [7, 11) is 0. The summed E-state index contributed by atoms with van der Waals surface area (Å²) in [5.74, 6) is -1.79. The second-order valence-corrected chi connectivity index (χ2v) is 7.78. The Hall–Kier alpha value is -2.25. The maximum Gasteiger partial charge on any atom is 0.412 e. The monoisotopic (exact) mass is 386 g/mol. The van der Waals surface area contributed by atoms with Crippen molar-refractivity contribution in [1.82, 2.24) is 5.32 Å². The van der Waals surface area contributed by atoms with Crippen molar-refractivity contribution < 1.29 is 27.5 Å². The van der Waals surface area contributed by atoms with Crippen LogP contribution < -0.4 is 10.6 Å². The molecule has 2 amide bonds. The summed E-state index contributed by atoms with van der Waals surface area (Å²) < 4.78 is 43.7. The predicted molar refractivity (Wildman–Crippen MR) is 95.6 cm³/mol. The van der Waals surface area contributed by atoms with Crippen LogP contribution in [0.2, 0.25) is 0 Å². The number of carbonyl (C=O) groups excluding carboxylic acids is 2. The lowest BCUT2D eigenvalue weighted by Crippen LogP contribution is -2.41. The lowest BCUT2D eigenvalue weighted by atomic mass is 9.85. The van der Waals surface area contributed by atoms with Gasteiger partial charge in [-0.15, -0.1) is 0 Å². The van der Waals surface area contributed by atoms with E-state index in [-0.39, 0.29) is 12.8 Å². The summed E-state index contributed by atoms with van der Waals surface area (Å²) in [4.78, 5) is 24.0. The average Bonchev–Trinajstić information content (AvgIpc) is 2.53. The number of benzene rings is 1. The van der Waals surface area contributed by atoms with Crippen molar-refractivity contribution in [2.45, 2.75) is 64.3 Å². The molecule has 0 bridgehead atoms. The molecule has 0 aromatic heterocycles. The van der Waals surface area contributed by atoms with Crippen LogP contribution in [0.5, 0.6) is 0 Å². The fourth-order valence-corrected chi connectivity index (χ4v) is 3.01. The SMILES string of the molecule is CC(C)(C)OC(=O)Nc1ccc(C(=O)NC2CCCC(C(F)(F)F)C2)cc1. The van der Waals surface area contributed by atoms with Crippen LogP contribution in [0, 0.1) is 5.92 Å². The zero-order chi connectivity index (χ0) is 20.2. The van der Waals surface area contributed by atoms with E-state index in [1.54, 1.807) is 20.8 Å². The fourth-order valence-electron chi connectivity index (χ4n) is 3.01. The van der Waals surface area contributed by atoms with Gasteiger partial charge in [0.15, 0.2) is 0 Å². The van der Waals surface area contributed by atoms with Crippen LogP contribution in [0.4, 0.5) is 23.7 Å². The molecule has 0 radical (unpaired) electrons. The predicted octanol–water partition coefficient (Wildman–Crippen LogP) is 4.88. The Bertz CT molecular complexity index is 666. The molecule has 2 unspecified atom stereocenters. The van der Waals surface area contributed by atoms with Gasteiger partial charge in [0, 0.05) is 17.3 Å². The molecule has 1 saturated carbocycles. The Morgan fingerprint density at radius 3 is 2.26 bits per heavy atom. The van der Waals surface area contributed by atoms with Crippen molar-refractivity contribution in [3.8, 4) is 0 Å². The van der Waals surface area contributed by atoms with Crippen LogP contribution in [0.15, 0.2) is 24.3 Å². The maximum atomic E-state index is 12.9. The lowest BCUT2D eigenvalue weighted by Gasteiger charge is -2.31. The van der Waals surface area contributed by atoms with Gasteiger partial charge >= 0.3 is 12.3 Å². The normalized spacial score (nSPS) is 20.7. The highest BCUT2D eigenvalue weighted by Gasteiger charge is 2.42. The maximum absolute atomic E-state index is 12.9. The minimum atomic E-state index is -4.22. The highest BCUT2D eigenvalue weighted by atomic mass is 19.4. The highest BCUT2D eigenvalue weighted by molar-refractivity contribution is 5.95. The molecule has 0 saturated heterocycles. The van der Waals surface area contributed by atoms with E-state index in [2.05, 4.69) is 10.6 Å². The molecule has 1 aromatic carbocycles. The van der Waals surface area contributed by atoms with E-state index in [0.29, 0.717) is 24.1 Å². The summed E-state index contributed by atoms with van der Waals surface area (Å²) in [6, 6.07) is 5.60. The zero-order valence-electron chi connectivity index (χ0n) is 15.7. The number of rotatable bonds is 3. The van der Waals surface area contributed by atoms with Gasteiger partial charge in [0.25, 0.3) is 5.91 Å². The van der Waals surface area contributed by atoms with Crippen molar-refractivity contribution in [1.29, 1.82) is 0 Å². The van der Waals surface area contributed by atoms with E-state index in [1.807, 2.05) is 0 Å². The first kappa shape index (κ1) is 21.1. The summed E-state index contributed by atoms with van der Waals surface area (Å²) >= 11 is 0. The summed E-state index contributed by atoms with van der Waals surface area (Å²) in [6.45, 7) is 5.23. The van der Waals surface area contributed by atoms with Crippen LogP contribution >= 0.6 is 0 Å². The lowest BCUT2D eigenvalue weighted by molar-refractivity contribution is -0.183. The molecule has 1 fully saturated rings. The molecule has 8 heteroatoms. The van der Waals surface area contributed by atoms with Gasteiger partial charge in [-0.25, -0.2) is 4.79 Å². The van der Waals surface area contributed by atoms with Gasteiger partial charge in [-0.2, -0.15) is 13.2 Å². The van der Waals surface area contributed by atoms with Crippen LogP contribution in [0.1, 0.15) is 56.8 Å². The van der Waals surface area contributed by atoms with Crippen molar-refractivity contribution in [3.05, 3.63) is 29.8 Å². The first-order valence-electron chi connectivity index (χ1n) is 8.92. The number of anilines is 1. The second-order valence-electron chi connectivity index (χ2n) is 7.78. The minimum absolute atomic E-state index is 0.0898. The van der Waals surface area contributed by atoms with Crippen molar-refractivity contribution >= 4 is 17.7 Å². The van der Waals surface area contributed by atoms with Crippen molar-refractivity contribution in [3.63, 3.8) is 0 Å². The number of carbonyl (C=O) groups is 2. The Labute approximate surface area is 156 Å². The third-order valence-electron chi connectivity index (χ3n) is 4.26. The van der Waals surface area contributed by atoms with Crippen LogP contribution in [-0.4, -0.2) is 29.8 Å². The quantitative estimate of drug-likeness (QED) is 0.778. The highest BCUT2D eigenvalue weighted by Crippen LogP contribution is 2.37. The van der Waals surface area contributed by atoms with E-state index >= 15 is 0 Å². The number of nitrogens with one attached hydrogen (secondary N) is 2. The smallest absolute Gasteiger partial charge is 0.412 e. The minimum Gasteiger partial charge on any atom is -0.444 e. The van der Waals surface area contributed by atoms with Gasteiger partial charge < -0.3 is 10.1 Å². The molecule has 2 N–H and O–H groups in total. The fraction of sp³-hybridized carbons (Fsp3) is 0.579. The molecule has 2 atom stereocenters. The number of alkyl halides is 3. The van der Waals surface area contributed by atoms with Crippen molar-refractivity contribution in [2.75, 3.05) is 5.32 Å². The molecule has 150 valence electrons. The van der Waals surface area contributed by atoms with Crippen LogP contribution in [-0.2, 0) is 4.74 Å². The number of hydrogen-bond acceptors (Lipinski definition) is 3. The first-order valence-corrected chi connectivity index (χ1v) is 8.92. The molecule has 0 heterocycles.